The smallest absolute Gasteiger partial charge is 0.267 e. The van der Waals surface area contributed by atoms with Crippen LogP contribution in [0.15, 0.2) is 24.3 Å². The number of aryl methyl sites for hydroxylation is 1. The van der Waals surface area contributed by atoms with Gasteiger partial charge >= 0.3 is 0 Å². The van der Waals surface area contributed by atoms with E-state index in [0.29, 0.717) is 10.6 Å². The van der Waals surface area contributed by atoms with Crippen LogP contribution >= 0.6 is 11.6 Å². The van der Waals surface area contributed by atoms with Crippen molar-refractivity contribution in [3.8, 4) is 0 Å². The Morgan fingerprint density at radius 1 is 1.14 bits per heavy atom. The highest BCUT2D eigenvalue weighted by Gasteiger charge is 2.17. The first-order valence-corrected chi connectivity index (χ1v) is 8.27. The molecule has 0 N–H and O–H groups in total. The van der Waals surface area contributed by atoms with Crippen molar-refractivity contribution in [3.63, 3.8) is 0 Å². The molecule has 0 atom stereocenters. The minimum Gasteiger partial charge on any atom is -0.267 e. The Labute approximate surface area is 137 Å². The van der Waals surface area contributed by atoms with Gasteiger partial charge in [-0.2, -0.15) is 5.10 Å². The summed E-state index contributed by atoms with van der Waals surface area (Å²) in [5, 5.41) is 5.07. The summed E-state index contributed by atoms with van der Waals surface area (Å²) in [6, 6.07) is 6.93. The first-order valence-electron chi connectivity index (χ1n) is 7.90. The van der Waals surface area contributed by atoms with E-state index in [-0.39, 0.29) is 5.91 Å². The maximum absolute atomic E-state index is 12.6. The summed E-state index contributed by atoms with van der Waals surface area (Å²) in [5.74, 6) is -0.0999. The summed E-state index contributed by atoms with van der Waals surface area (Å²) in [4.78, 5) is 12.6. The van der Waals surface area contributed by atoms with E-state index < -0.39 is 0 Å². The van der Waals surface area contributed by atoms with Crippen LogP contribution in [-0.4, -0.2) is 15.7 Å². The molecule has 0 aliphatic rings. The zero-order valence-electron chi connectivity index (χ0n) is 13.5. The Bertz CT molecular complexity index is 644. The summed E-state index contributed by atoms with van der Waals surface area (Å²) < 4.78 is 1.52. The molecule has 1 aromatic heterocycles. The van der Waals surface area contributed by atoms with Gasteiger partial charge in [-0.3, -0.25) is 4.79 Å². The maximum atomic E-state index is 12.6. The van der Waals surface area contributed by atoms with E-state index in [1.807, 2.05) is 13.8 Å². The zero-order valence-corrected chi connectivity index (χ0v) is 14.3. The van der Waals surface area contributed by atoms with E-state index >= 15 is 0 Å². The molecule has 22 heavy (non-hydrogen) atoms. The third kappa shape index (κ3) is 3.77. The second-order valence-electron chi connectivity index (χ2n) is 5.68. The van der Waals surface area contributed by atoms with E-state index in [9.17, 15) is 4.79 Å². The number of aromatic nitrogens is 2. The van der Waals surface area contributed by atoms with Crippen LogP contribution in [0.3, 0.4) is 0 Å². The van der Waals surface area contributed by atoms with Crippen LogP contribution in [0.2, 0.25) is 5.02 Å². The van der Waals surface area contributed by atoms with Gasteiger partial charge in [0, 0.05) is 16.3 Å². The standard InChI is InChI=1S/C18H23ClN2O/c1-4-5-6-7-8-17-13(2)20-21(14(17)3)18(22)15-9-11-16(19)12-10-15/h9-12H,4-8H2,1-3H3. The minimum atomic E-state index is -0.0999. The Morgan fingerprint density at radius 3 is 2.45 bits per heavy atom. The SMILES string of the molecule is CCCCCCc1c(C)nn(C(=O)c2ccc(Cl)cc2)c1C. The van der Waals surface area contributed by atoms with Crippen molar-refractivity contribution in [2.45, 2.75) is 52.9 Å². The summed E-state index contributed by atoms with van der Waals surface area (Å²) in [7, 11) is 0. The number of hydrogen-bond acceptors (Lipinski definition) is 2. The molecule has 0 saturated carbocycles. The van der Waals surface area contributed by atoms with Crippen LogP contribution in [0.5, 0.6) is 0 Å². The van der Waals surface area contributed by atoms with Crippen molar-refractivity contribution in [3.05, 3.63) is 51.8 Å². The van der Waals surface area contributed by atoms with Gasteiger partial charge in [0.15, 0.2) is 0 Å². The normalized spacial score (nSPS) is 10.9. The third-order valence-electron chi connectivity index (χ3n) is 4.01. The van der Waals surface area contributed by atoms with E-state index in [4.69, 9.17) is 11.6 Å². The minimum absolute atomic E-state index is 0.0999. The maximum Gasteiger partial charge on any atom is 0.278 e. The van der Waals surface area contributed by atoms with E-state index in [2.05, 4.69) is 12.0 Å². The fraction of sp³-hybridized carbons (Fsp3) is 0.444. The third-order valence-corrected chi connectivity index (χ3v) is 4.26. The second kappa shape index (κ2) is 7.59. The molecule has 118 valence electrons. The summed E-state index contributed by atoms with van der Waals surface area (Å²) in [6.07, 6.45) is 5.86. The average Bonchev–Trinajstić information content (AvgIpc) is 2.79. The molecule has 1 heterocycles. The molecule has 2 aromatic rings. The van der Waals surface area contributed by atoms with Crippen LogP contribution in [0, 0.1) is 13.8 Å². The van der Waals surface area contributed by atoms with Crippen molar-refractivity contribution in [2.24, 2.45) is 0 Å². The average molecular weight is 319 g/mol. The molecule has 2 rings (SSSR count). The van der Waals surface area contributed by atoms with Crippen LogP contribution in [0.1, 0.15) is 59.9 Å². The van der Waals surface area contributed by atoms with Crippen LogP contribution in [0.25, 0.3) is 0 Å². The lowest BCUT2D eigenvalue weighted by atomic mass is 10.0. The Morgan fingerprint density at radius 2 is 1.82 bits per heavy atom. The summed E-state index contributed by atoms with van der Waals surface area (Å²) in [5.41, 5.74) is 3.72. The monoisotopic (exact) mass is 318 g/mol. The van der Waals surface area contributed by atoms with Crippen LogP contribution in [-0.2, 0) is 6.42 Å². The Kier molecular flexibility index (Phi) is 5.78. The summed E-state index contributed by atoms with van der Waals surface area (Å²) >= 11 is 5.87. The quantitative estimate of drug-likeness (QED) is 0.705. The number of benzene rings is 1. The number of hydrogen-bond donors (Lipinski definition) is 0. The summed E-state index contributed by atoms with van der Waals surface area (Å²) in [6.45, 7) is 6.16. The molecule has 0 fully saturated rings. The molecular formula is C18H23ClN2O. The lowest BCUT2D eigenvalue weighted by Gasteiger charge is -2.05. The topological polar surface area (TPSA) is 34.9 Å². The van der Waals surface area contributed by atoms with Crippen LogP contribution < -0.4 is 0 Å². The Hall–Kier alpha value is -1.61. The number of carbonyl (C=O) groups excluding carboxylic acids is 1. The predicted molar refractivity (Wildman–Crippen MR) is 90.7 cm³/mol. The molecule has 0 saturated heterocycles. The fourth-order valence-corrected chi connectivity index (χ4v) is 2.80. The zero-order chi connectivity index (χ0) is 16.1. The van der Waals surface area contributed by atoms with Gasteiger partial charge in [-0.25, -0.2) is 4.68 Å². The first kappa shape index (κ1) is 16.8. The van der Waals surface area contributed by atoms with Crippen molar-refractivity contribution in [2.75, 3.05) is 0 Å². The molecule has 4 heteroatoms. The first-order chi connectivity index (χ1) is 10.5. The van der Waals surface area contributed by atoms with Crippen molar-refractivity contribution in [1.29, 1.82) is 0 Å². The molecule has 0 spiro atoms. The number of nitrogens with zero attached hydrogens (tertiary/aromatic N) is 2. The van der Waals surface area contributed by atoms with Gasteiger partial charge in [-0.1, -0.05) is 37.8 Å². The Balaban J connectivity index is 2.18. The number of carbonyl (C=O) groups is 1. The van der Waals surface area contributed by atoms with E-state index in [1.165, 1.54) is 29.5 Å². The number of unbranched alkanes of at least 4 members (excludes halogenated alkanes) is 3. The lowest BCUT2D eigenvalue weighted by molar-refractivity contribution is 0.0942. The second-order valence-corrected chi connectivity index (χ2v) is 6.12. The van der Waals surface area contributed by atoms with Crippen molar-refractivity contribution >= 4 is 17.5 Å². The molecule has 0 unspecified atom stereocenters. The molecule has 0 aliphatic heterocycles. The van der Waals surface area contributed by atoms with Gasteiger partial charge in [0.2, 0.25) is 0 Å². The van der Waals surface area contributed by atoms with Crippen molar-refractivity contribution in [1.82, 2.24) is 9.78 Å². The van der Waals surface area contributed by atoms with Crippen molar-refractivity contribution < 1.29 is 4.79 Å². The highest BCUT2D eigenvalue weighted by Crippen LogP contribution is 2.19. The highest BCUT2D eigenvalue weighted by atomic mass is 35.5. The van der Waals surface area contributed by atoms with E-state index in [0.717, 1.165) is 24.2 Å². The van der Waals surface area contributed by atoms with Gasteiger partial charge in [-0.15, -0.1) is 0 Å². The van der Waals surface area contributed by atoms with Gasteiger partial charge < -0.3 is 0 Å². The number of halogens is 1. The fourth-order valence-electron chi connectivity index (χ4n) is 2.68. The number of rotatable bonds is 6. The van der Waals surface area contributed by atoms with Crippen LogP contribution in [0.4, 0.5) is 0 Å². The molecule has 3 nitrogen and oxygen atoms in total. The van der Waals surface area contributed by atoms with Gasteiger partial charge in [0.25, 0.3) is 5.91 Å². The highest BCUT2D eigenvalue weighted by molar-refractivity contribution is 6.30. The molecule has 1 aromatic carbocycles. The molecule has 0 amide bonds. The lowest BCUT2D eigenvalue weighted by Crippen LogP contribution is -2.15. The van der Waals surface area contributed by atoms with Gasteiger partial charge in [0.1, 0.15) is 0 Å². The van der Waals surface area contributed by atoms with E-state index in [1.54, 1.807) is 24.3 Å². The molecular weight excluding hydrogens is 296 g/mol. The van der Waals surface area contributed by atoms with Gasteiger partial charge in [-0.05, 0) is 56.5 Å². The molecule has 0 radical (unpaired) electrons. The molecule has 0 aliphatic carbocycles. The molecule has 0 bridgehead atoms. The largest absolute Gasteiger partial charge is 0.278 e. The van der Waals surface area contributed by atoms with Gasteiger partial charge in [0.05, 0.1) is 5.69 Å². The predicted octanol–water partition coefficient (Wildman–Crippen LogP) is 4.96.